The van der Waals surface area contributed by atoms with Crippen LogP contribution in [0.4, 0.5) is 0 Å². The molecule has 2 nitrogen and oxygen atoms in total. The van der Waals surface area contributed by atoms with Gasteiger partial charge < -0.3 is 0 Å². The number of nitrogens with zero attached hydrogens (tertiary/aromatic N) is 2. The topological polar surface area (TPSA) is 25.8 Å². The van der Waals surface area contributed by atoms with Crippen LogP contribution in [0.25, 0.3) is 44.1 Å². The number of fused-ring (bicyclic) bond motifs is 3. The lowest BCUT2D eigenvalue weighted by molar-refractivity contribution is 1.07. The highest BCUT2D eigenvalue weighted by molar-refractivity contribution is 6.12. The molecule has 0 saturated heterocycles. The summed E-state index contributed by atoms with van der Waals surface area (Å²) in [5, 5.41) is 2.26. The number of hydrogen-bond donors (Lipinski definition) is 0. The molecule has 2 aromatic heterocycles. The molecule has 7 rings (SSSR count). The molecule has 0 amide bonds. The molecule has 0 bridgehead atoms. The zero-order chi connectivity index (χ0) is 30.2. The van der Waals surface area contributed by atoms with Crippen LogP contribution >= 0.6 is 0 Å². The number of hydrogen-bond acceptors (Lipinski definition) is 2. The molecule has 0 saturated carbocycles. The Morgan fingerprint density at radius 2 is 0.841 bits per heavy atom. The van der Waals surface area contributed by atoms with E-state index in [9.17, 15) is 0 Å². The zero-order valence-corrected chi connectivity index (χ0v) is 25.9. The van der Waals surface area contributed by atoms with Gasteiger partial charge in [0, 0.05) is 35.0 Å². The Morgan fingerprint density at radius 1 is 0.432 bits per heavy atom. The van der Waals surface area contributed by atoms with Gasteiger partial charge in [0.2, 0.25) is 0 Å². The van der Waals surface area contributed by atoms with E-state index in [1.807, 2.05) is 0 Å². The van der Waals surface area contributed by atoms with Gasteiger partial charge >= 0.3 is 0 Å². The van der Waals surface area contributed by atoms with Crippen molar-refractivity contribution in [2.75, 3.05) is 0 Å². The van der Waals surface area contributed by atoms with Crippen LogP contribution in [0.1, 0.15) is 44.8 Å². The van der Waals surface area contributed by atoms with Gasteiger partial charge in [-0.25, -0.2) is 0 Å². The van der Waals surface area contributed by atoms with Gasteiger partial charge in [-0.15, -0.1) is 0 Å². The fourth-order valence-corrected chi connectivity index (χ4v) is 6.45. The monoisotopic (exact) mass is 568 g/mol. The van der Waals surface area contributed by atoms with Crippen LogP contribution in [0.15, 0.2) is 121 Å². The summed E-state index contributed by atoms with van der Waals surface area (Å²) in [6, 6.07) is 43.8. The first-order valence-corrected chi connectivity index (χ1v) is 15.4. The fourth-order valence-electron chi connectivity index (χ4n) is 6.45. The van der Waals surface area contributed by atoms with Crippen molar-refractivity contribution in [3.63, 3.8) is 0 Å². The maximum atomic E-state index is 5.40. The van der Waals surface area contributed by atoms with Gasteiger partial charge in [0.25, 0.3) is 0 Å². The van der Waals surface area contributed by atoms with Crippen LogP contribution in [-0.2, 0) is 12.8 Å². The summed E-state index contributed by atoms with van der Waals surface area (Å²) >= 11 is 0. The molecule has 2 heteroatoms. The lowest BCUT2D eigenvalue weighted by atomic mass is 9.93. The van der Waals surface area contributed by atoms with Crippen molar-refractivity contribution in [1.29, 1.82) is 0 Å². The van der Waals surface area contributed by atoms with Gasteiger partial charge in [-0.3, -0.25) is 9.97 Å². The van der Waals surface area contributed by atoms with E-state index in [0.717, 1.165) is 46.0 Å². The molecule has 0 atom stereocenters. The SMILES string of the molecule is Cc1ccc(Cc2cc(-c3ccccc3)c3ccc4c(-c5ccccc5)cc(Cc5ccc(C)cc5C)nc4c3n2)c(C)c1. The molecule has 214 valence electrons. The highest BCUT2D eigenvalue weighted by atomic mass is 14.8. The third-order valence-corrected chi connectivity index (χ3v) is 8.77. The van der Waals surface area contributed by atoms with Crippen molar-refractivity contribution in [2.24, 2.45) is 0 Å². The summed E-state index contributed by atoms with van der Waals surface area (Å²) < 4.78 is 0. The third kappa shape index (κ3) is 5.40. The molecule has 0 aliphatic carbocycles. The van der Waals surface area contributed by atoms with Crippen molar-refractivity contribution < 1.29 is 0 Å². The van der Waals surface area contributed by atoms with E-state index in [2.05, 4.69) is 149 Å². The van der Waals surface area contributed by atoms with Crippen LogP contribution in [0.3, 0.4) is 0 Å². The number of rotatable bonds is 6. The Labute approximate surface area is 260 Å². The average Bonchev–Trinajstić information content (AvgIpc) is 3.04. The van der Waals surface area contributed by atoms with Crippen molar-refractivity contribution in [3.8, 4) is 22.3 Å². The lowest BCUT2D eigenvalue weighted by Gasteiger charge is -2.16. The highest BCUT2D eigenvalue weighted by Gasteiger charge is 2.17. The van der Waals surface area contributed by atoms with Gasteiger partial charge in [-0.05, 0) is 84.3 Å². The second kappa shape index (κ2) is 11.5. The number of aromatic nitrogens is 2. The molecule has 0 fully saturated rings. The van der Waals surface area contributed by atoms with Gasteiger partial charge in [0.1, 0.15) is 0 Å². The molecular formula is C42H36N2. The Balaban J connectivity index is 1.50. The number of aryl methyl sites for hydroxylation is 4. The van der Waals surface area contributed by atoms with E-state index in [1.54, 1.807) is 0 Å². The molecular weight excluding hydrogens is 532 g/mol. The Hall–Kier alpha value is -5.08. The van der Waals surface area contributed by atoms with E-state index in [1.165, 1.54) is 55.6 Å². The number of benzene rings is 5. The van der Waals surface area contributed by atoms with E-state index >= 15 is 0 Å². The van der Waals surface area contributed by atoms with Gasteiger partial charge in [-0.1, -0.05) is 120 Å². The first-order chi connectivity index (χ1) is 21.4. The molecule has 5 aromatic carbocycles. The highest BCUT2D eigenvalue weighted by Crippen LogP contribution is 2.37. The van der Waals surface area contributed by atoms with Crippen LogP contribution in [0.5, 0.6) is 0 Å². The summed E-state index contributed by atoms with van der Waals surface area (Å²) in [7, 11) is 0. The summed E-state index contributed by atoms with van der Waals surface area (Å²) in [5.41, 5.74) is 16.6. The molecule has 2 heterocycles. The molecule has 0 radical (unpaired) electrons. The average molecular weight is 569 g/mol. The Morgan fingerprint density at radius 3 is 1.23 bits per heavy atom. The van der Waals surface area contributed by atoms with Crippen molar-refractivity contribution in [2.45, 2.75) is 40.5 Å². The third-order valence-electron chi connectivity index (χ3n) is 8.77. The predicted octanol–water partition coefficient (Wildman–Crippen LogP) is 10.5. The van der Waals surface area contributed by atoms with Crippen LogP contribution in [0.2, 0.25) is 0 Å². The number of pyridine rings is 2. The second-order valence-corrected chi connectivity index (χ2v) is 12.1. The summed E-state index contributed by atoms with van der Waals surface area (Å²) in [6.45, 7) is 8.70. The maximum absolute atomic E-state index is 5.40. The lowest BCUT2D eigenvalue weighted by Crippen LogP contribution is -2.01. The molecule has 7 aromatic rings. The Kier molecular flexibility index (Phi) is 7.28. The van der Waals surface area contributed by atoms with Crippen molar-refractivity contribution in [1.82, 2.24) is 9.97 Å². The zero-order valence-electron chi connectivity index (χ0n) is 25.9. The van der Waals surface area contributed by atoms with E-state index < -0.39 is 0 Å². The fraction of sp³-hybridized carbons (Fsp3) is 0.143. The van der Waals surface area contributed by atoms with E-state index in [-0.39, 0.29) is 0 Å². The van der Waals surface area contributed by atoms with Crippen molar-refractivity contribution in [3.05, 3.63) is 166 Å². The van der Waals surface area contributed by atoms with E-state index in [4.69, 9.17) is 9.97 Å². The van der Waals surface area contributed by atoms with Crippen LogP contribution in [0, 0.1) is 27.7 Å². The molecule has 0 aliphatic rings. The first kappa shape index (κ1) is 27.7. The minimum Gasteiger partial charge on any atom is -0.250 e. The standard InChI is InChI=1S/C42H36N2/c1-27-15-17-33(29(3)21-27)23-35-25-39(31-11-7-5-8-12-31)37-19-20-38-40(32-13-9-6-10-14-32)26-36(44-42(38)41(37)43-35)24-34-18-16-28(2)22-30(34)4/h5-22,25-26H,23-24H2,1-4H3. The molecule has 0 unspecified atom stereocenters. The minimum atomic E-state index is 0.770. The van der Waals surface area contributed by atoms with Gasteiger partial charge in [-0.2, -0.15) is 0 Å². The summed E-state index contributed by atoms with van der Waals surface area (Å²) in [4.78, 5) is 10.8. The minimum absolute atomic E-state index is 0.770. The normalized spacial score (nSPS) is 11.4. The molecule has 0 aliphatic heterocycles. The first-order valence-electron chi connectivity index (χ1n) is 15.4. The second-order valence-electron chi connectivity index (χ2n) is 12.1. The molecule has 44 heavy (non-hydrogen) atoms. The van der Waals surface area contributed by atoms with Gasteiger partial charge in [0.05, 0.1) is 11.0 Å². The largest absolute Gasteiger partial charge is 0.250 e. The van der Waals surface area contributed by atoms with E-state index in [0.29, 0.717) is 0 Å². The summed E-state index contributed by atoms with van der Waals surface area (Å²) in [6.07, 6.45) is 1.54. The summed E-state index contributed by atoms with van der Waals surface area (Å²) in [5.74, 6) is 0. The maximum Gasteiger partial charge on any atom is 0.0974 e. The molecule has 0 N–H and O–H groups in total. The molecule has 0 spiro atoms. The van der Waals surface area contributed by atoms with Crippen LogP contribution in [-0.4, -0.2) is 9.97 Å². The van der Waals surface area contributed by atoms with Crippen LogP contribution < -0.4 is 0 Å². The van der Waals surface area contributed by atoms with Crippen molar-refractivity contribution >= 4 is 21.8 Å². The Bertz CT molecular complexity index is 1990. The quantitative estimate of drug-likeness (QED) is 0.187. The predicted molar refractivity (Wildman–Crippen MR) is 185 cm³/mol. The smallest absolute Gasteiger partial charge is 0.0974 e. The van der Waals surface area contributed by atoms with Gasteiger partial charge in [0.15, 0.2) is 0 Å².